The third-order valence-corrected chi connectivity index (χ3v) is 4.62. The Labute approximate surface area is 144 Å². The number of benzene rings is 2. The minimum absolute atomic E-state index is 0.00313. The molecule has 1 aliphatic carbocycles. The zero-order valence-corrected chi connectivity index (χ0v) is 13.6. The van der Waals surface area contributed by atoms with Crippen LogP contribution in [0.3, 0.4) is 0 Å². The van der Waals surface area contributed by atoms with E-state index >= 15 is 0 Å². The van der Waals surface area contributed by atoms with Crippen LogP contribution >= 0.6 is 0 Å². The molecule has 0 spiro atoms. The van der Waals surface area contributed by atoms with Crippen molar-refractivity contribution in [2.45, 2.75) is 18.8 Å². The van der Waals surface area contributed by atoms with E-state index in [1.807, 2.05) is 36.4 Å². The van der Waals surface area contributed by atoms with Gasteiger partial charge in [-0.05, 0) is 53.1 Å². The molecule has 25 heavy (non-hydrogen) atoms. The highest BCUT2D eigenvalue weighted by Gasteiger charge is 2.56. The van der Waals surface area contributed by atoms with Crippen molar-refractivity contribution >= 4 is 16.6 Å². The Morgan fingerprint density at radius 1 is 1.04 bits per heavy atom. The van der Waals surface area contributed by atoms with E-state index < -0.39 is 11.8 Å². The molecule has 3 nitrogen and oxygen atoms in total. The van der Waals surface area contributed by atoms with Gasteiger partial charge in [0.15, 0.2) is 0 Å². The maximum absolute atomic E-state index is 12.9. The van der Waals surface area contributed by atoms with Gasteiger partial charge in [-0.15, -0.1) is 0 Å². The van der Waals surface area contributed by atoms with Crippen molar-refractivity contribution in [3.63, 3.8) is 0 Å². The van der Waals surface area contributed by atoms with Gasteiger partial charge in [0.1, 0.15) is 11.6 Å². The Bertz CT molecular complexity index is 909. The predicted molar refractivity (Wildman–Crippen MR) is 94.8 cm³/mol. The molecule has 2 N–H and O–H groups in total. The first kappa shape index (κ1) is 15.8. The number of fused-ring (bicyclic) bond motifs is 1. The smallest absolute Gasteiger partial charge is 0.251 e. The standard InChI is InChI=1S/C20H18F2N2O/c21-20(22)11-17(20)7-8-25-18-5-3-13-9-14(1-2-15(13)10-18)16-4-6-19(23)24-12-16/h1-6,9-10,12,17H,7-8,11H2,(H2,23,24). The summed E-state index contributed by atoms with van der Waals surface area (Å²) in [5.74, 6) is -1.78. The van der Waals surface area contributed by atoms with E-state index in [4.69, 9.17) is 10.5 Å². The van der Waals surface area contributed by atoms with Crippen molar-refractivity contribution in [2.24, 2.45) is 5.92 Å². The summed E-state index contributed by atoms with van der Waals surface area (Å²) in [7, 11) is 0. The summed E-state index contributed by atoms with van der Waals surface area (Å²) < 4.78 is 31.4. The number of nitrogens with two attached hydrogens (primary N) is 1. The number of hydrogen-bond donors (Lipinski definition) is 1. The molecule has 3 aromatic rings. The number of aromatic nitrogens is 1. The van der Waals surface area contributed by atoms with Crippen LogP contribution < -0.4 is 10.5 Å². The molecule has 128 valence electrons. The highest BCUT2D eigenvalue weighted by atomic mass is 19.3. The monoisotopic (exact) mass is 340 g/mol. The Hall–Kier alpha value is -2.69. The van der Waals surface area contributed by atoms with Gasteiger partial charge in [-0.25, -0.2) is 13.8 Å². The van der Waals surface area contributed by atoms with Gasteiger partial charge in [-0.1, -0.05) is 18.2 Å². The van der Waals surface area contributed by atoms with E-state index in [0.717, 1.165) is 21.9 Å². The van der Waals surface area contributed by atoms with Crippen LogP contribution in [0.25, 0.3) is 21.9 Å². The average molecular weight is 340 g/mol. The van der Waals surface area contributed by atoms with Gasteiger partial charge < -0.3 is 10.5 Å². The van der Waals surface area contributed by atoms with Crippen LogP contribution in [0.4, 0.5) is 14.6 Å². The Morgan fingerprint density at radius 3 is 2.48 bits per heavy atom. The molecule has 1 aliphatic rings. The number of nitrogen functional groups attached to an aromatic ring is 1. The molecular formula is C20H18F2N2O. The van der Waals surface area contributed by atoms with Crippen molar-refractivity contribution < 1.29 is 13.5 Å². The highest BCUT2D eigenvalue weighted by molar-refractivity contribution is 5.88. The number of rotatable bonds is 5. The van der Waals surface area contributed by atoms with Crippen LogP contribution in [0.2, 0.25) is 0 Å². The van der Waals surface area contributed by atoms with Crippen LogP contribution in [-0.4, -0.2) is 17.5 Å². The first-order valence-corrected chi connectivity index (χ1v) is 8.28. The second-order valence-corrected chi connectivity index (χ2v) is 6.49. The number of halogens is 2. The van der Waals surface area contributed by atoms with E-state index in [9.17, 15) is 8.78 Å². The van der Waals surface area contributed by atoms with Gasteiger partial charge in [0, 0.05) is 24.1 Å². The minimum Gasteiger partial charge on any atom is -0.494 e. The molecule has 2 aromatic carbocycles. The Kier molecular flexibility index (Phi) is 3.79. The Balaban J connectivity index is 1.48. The first-order valence-electron chi connectivity index (χ1n) is 8.28. The van der Waals surface area contributed by atoms with Gasteiger partial charge in [0.2, 0.25) is 0 Å². The number of hydrogen-bond acceptors (Lipinski definition) is 3. The molecule has 1 aromatic heterocycles. The van der Waals surface area contributed by atoms with Crippen molar-refractivity contribution in [1.82, 2.24) is 4.98 Å². The molecule has 0 saturated heterocycles. The fourth-order valence-corrected chi connectivity index (χ4v) is 2.97. The largest absolute Gasteiger partial charge is 0.494 e. The summed E-state index contributed by atoms with van der Waals surface area (Å²) in [5.41, 5.74) is 7.68. The van der Waals surface area contributed by atoms with Crippen LogP contribution in [0.5, 0.6) is 5.75 Å². The zero-order valence-electron chi connectivity index (χ0n) is 13.6. The van der Waals surface area contributed by atoms with E-state index in [-0.39, 0.29) is 6.42 Å². The number of pyridine rings is 1. The Morgan fingerprint density at radius 2 is 1.76 bits per heavy atom. The second kappa shape index (κ2) is 5.99. The summed E-state index contributed by atoms with van der Waals surface area (Å²) in [6.07, 6.45) is 2.15. The molecule has 1 fully saturated rings. The lowest BCUT2D eigenvalue weighted by Crippen LogP contribution is -2.02. The third kappa shape index (κ3) is 3.40. The van der Waals surface area contributed by atoms with Crippen LogP contribution in [0.1, 0.15) is 12.8 Å². The highest BCUT2D eigenvalue weighted by Crippen LogP contribution is 2.50. The molecule has 1 saturated carbocycles. The van der Waals surface area contributed by atoms with Gasteiger partial charge in [0.05, 0.1) is 6.61 Å². The maximum atomic E-state index is 12.9. The second-order valence-electron chi connectivity index (χ2n) is 6.49. The summed E-state index contributed by atoms with van der Waals surface area (Å²) in [6, 6.07) is 15.6. The summed E-state index contributed by atoms with van der Waals surface area (Å²) in [4.78, 5) is 4.12. The van der Waals surface area contributed by atoms with Crippen molar-refractivity contribution in [1.29, 1.82) is 0 Å². The topological polar surface area (TPSA) is 48.1 Å². The molecule has 0 aliphatic heterocycles. The number of nitrogens with zero attached hydrogens (tertiary/aromatic N) is 1. The predicted octanol–water partition coefficient (Wildman–Crippen LogP) is 4.91. The molecular weight excluding hydrogens is 322 g/mol. The lowest BCUT2D eigenvalue weighted by Gasteiger charge is -2.08. The fourth-order valence-electron chi connectivity index (χ4n) is 2.97. The molecule has 1 atom stereocenters. The van der Waals surface area contributed by atoms with Crippen LogP contribution in [-0.2, 0) is 0 Å². The lowest BCUT2D eigenvalue weighted by molar-refractivity contribution is 0.0930. The van der Waals surface area contributed by atoms with Gasteiger partial charge >= 0.3 is 0 Å². The van der Waals surface area contributed by atoms with Crippen molar-refractivity contribution in [2.75, 3.05) is 12.3 Å². The first-order chi connectivity index (χ1) is 12.0. The normalized spacial score (nSPS) is 18.2. The molecule has 0 bridgehead atoms. The SMILES string of the molecule is Nc1ccc(-c2ccc3cc(OCCC4CC4(F)F)ccc3c2)cn1. The number of ether oxygens (including phenoxy) is 1. The number of alkyl halides is 2. The van der Waals surface area contributed by atoms with E-state index in [0.29, 0.717) is 24.6 Å². The molecule has 1 heterocycles. The summed E-state index contributed by atoms with van der Waals surface area (Å²) >= 11 is 0. The van der Waals surface area contributed by atoms with Crippen molar-refractivity contribution in [3.8, 4) is 16.9 Å². The third-order valence-electron chi connectivity index (χ3n) is 4.62. The van der Waals surface area contributed by atoms with Crippen LogP contribution in [0.15, 0.2) is 54.7 Å². The minimum atomic E-state index is -2.47. The molecule has 4 rings (SSSR count). The molecule has 0 radical (unpaired) electrons. The van der Waals surface area contributed by atoms with E-state index in [1.165, 1.54) is 0 Å². The summed E-state index contributed by atoms with van der Waals surface area (Å²) in [6.45, 7) is 0.320. The van der Waals surface area contributed by atoms with Gasteiger partial charge in [-0.2, -0.15) is 0 Å². The van der Waals surface area contributed by atoms with E-state index in [1.54, 1.807) is 12.3 Å². The van der Waals surface area contributed by atoms with Gasteiger partial charge in [-0.3, -0.25) is 0 Å². The quantitative estimate of drug-likeness (QED) is 0.718. The van der Waals surface area contributed by atoms with Crippen molar-refractivity contribution in [3.05, 3.63) is 54.7 Å². The maximum Gasteiger partial charge on any atom is 0.251 e. The fraction of sp³-hybridized carbons (Fsp3) is 0.250. The lowest BCUT2D eigenvalue weighted by atomic mass is 10.0. The number of anilines is 1. The zero-order chi connectivity index (χ0) is 17.4. The molecule has 5 heteroatoms. The van der Waals surface area contributed by atoms with Gasteiger partial charge in [0.25, 0.3) is 5.92 Å². The van der Waals surface area contributed by atoms with E-state index in [2.05, 4.69) is 11.1 Å². The summed E-state index contributed by atoms with van der Waals surface area (Å²) in [5, 5.41) is 2.12. The molecule has 0 amide bonds. The molecule has 1 unspecified atom stereocenters. The van der Waals surface area contributed by atoms with Crippen LogP contribution in [0, 0.1) is 5.92 Å². The average Bonchev–Trinajstić information content (AvgIpc) is 3.22.